The third-order valence-electron chi connectivity index (χ3n) is 3.59. The maximum Gasteiger partial charge on any atom is 0.242 e. The first kappa shape index (κ1) is 21.4. The average molecular weight is 370 g/mol. The maximum absolute atomic E-state index is 12.1. The molecule has 1 aromatic heterocycles. The van der Waals surface area contributed by atoms with Crippen LogP contribution in [0.2, 0.25) is 0 Å². The van der Waals surface area contributed by atoms with Crippen molar-refractivity contribution in [3.05, 3.63) is 24.5 Å². The number of rotatable bonds is 11. The van der Waals surface area contributed by atoms with Crippen LogP contribution < -0.4 is 15.4 Å². The van der Waals surface area contributed by atoms with E-state index in [1.165, 1.54) is 31.5 Å². The lowest BCUT2D eigenvalue weighted by molar-refractivity contribution is 0.546. The Bertz CT molecular complexity index is 605. The summed E-state index contributed by atoms with van der Waals surface area (Å²) in [6, 6.07) is 3.44. The van der Waals surface area contributed by atoms with E-state index in [0.29, 0.717) is 18.5 Å². The second-order valence-corrected chi connectivity index (χ2v) is 7.66. The van der Waals surface area contributed by atoms with Crippen LogP contribution in [0.4, 0.5) is 0 Å². The Hall–Kier alpha value is -1.67. The van der Waals surface area contributed by atoms with Crippen LogP contribution in [0.1, 0.15) is 46.5 Å². The van der Waals surface area contributed by atoms with Crippen molar-refractivity contribution >= 4 is 16.0 Å². The lowest BCUT2D eigenvalue weighted by atomic mass is 10.1. The van der Waals surface area contributed by atoms with Crippen molar-refractivity contribution in [2.75, 3.05) is 19.6 Å². The van der Waals surface area contributed by atoms with Crippen LogP contribution in [0.3, 0.4) is 0 Å². The number of nitrogens with one attached hydrogen (secondary N) is 3. The molecule has 0 saturated heterocycles. The van der Waals surface area contributed by atoms with Crippen molar-refractivity contribution in [3.63, 3.8) is 0 Å². The second kappa shape index (κ2) is 11.8. The highest BCUT2D eigenvalue weighted by Crippen LogP contribution is 2.04. The first-order valence-electron chi connectivity index (χ1n) is 8.94. The number of pyridine rings is 1. The third-order valence-corrected chi connectivity index (χ3v) is 5.03. The van der Waals surface area contributed by atoms with E-state index in [9.17, 15) is 8.42 Å². The molecule has 1 aromatic rings. The zero-order chi connectivity index (χ0) is 18.5. The van der Waals surface area contributed by atoms with Gasteiger partial charge < -0.3 is 10.6 Å². The molecule has 25 heavy (non-hydrogen) atoms. The van der Waals surface area contributed by atoms with Crippen LogP contribution in [0, 0.1) is 0 Å². The molecule has 0 saturated carbocycles. The molecular formula is C17H31N5O2S. The minimum Gasteiger partial charge on any atom is -0.357 e. The zero-order valence-corrected chi connectivity index (χ0v) is 16.3. The first-order chi connectivity index (χ1) is 12.0. The van der Waals surface area contributed by atoms with E-state index in [4.69, 9.17) is 0 Å². The summed E-state index contributed by atoms with van der Waals surface area (Å²) in [5.74, 6) is 0.715. The number of aliphatic imine (C=N–C) groups is 1. The van der Waals surface area contributed by atoms with Gasteiger partial charge in [0, 0.05) is 31.5 Å². The topological polar surface area (TPSA) is 95.5 Å². The highest BCUT2D eigenvalue weighted by Gasteiger charge is 2.12. The van der Waals surface area contributed by atoms with Gasteiger partial charge in [-0.1, -0.05) is 26.2 Å². The summed E-state index contributed by atoms with van der Waals surface area (Å²) < 4.78 is 26.7. The van der Waals surface area contributed by atoms with E-state index in [1.54, 1.807) is 12.3 Å². The molecule has 0 spiro atoms. The fraction of sp³-hybridized carbons (Fsp3) is 0.647. The van der Waals surface area contributed by atoms with E-state index in [2.05, 4.69) is 39.2 Å². The summed E-state index contributed by atoms with van der Waals surface area (Å²) in [5.41, 5.74) is 0. The fourth-order valence-electron chi connectivity index (χ4n) is 2.26. The zero-order valence-electron chi connectivity index (χ0n) is 15.5. The Kier molecular flexibility index (Phi) is 10.1. The van der Waals surface area contributed by atoms with Crippen molar-refractivity contribution in [2.24, 2.45) is 4.99 Å². The molecule has 1 atom stereocenters. The molecule has 1 unspecified atom stereocenters. The second-order valence-electron chi connectivity index (χ2n) is 5.89. The Labute approximate surface area is 151 Å². The normalized spacial score (nSPS) is 13.5. The Morgan fingerprint density at radius 1 is 1.32 bits per heavy atom. The summed E-state index contributed by atoms with van der Waals surface area (Å²) in [7, 11) is -3.53. The standard InChI is InChI=1S/C17H31N5O2S/c1-4-6-7-9-15(3)22-17(19-5-2)20-12-13-21-25(23,24)16-10-8-11-18-14-16/h8,10-11,14-15,21H,4-7,9,12-13H2,1-3H3,(H2,19,20,22). The summed E-state index contributed by atoms with van der Waals surface area (Å²) >= 11 is 0. The van der Waals surface area contributed by atoms with E-state index < -0.39 is 10.0 Å². The van der Waals surface area contributed by atoms with Crippen molar-refractivity contribution in [2.45, 2.75) is 57.4 Å². The van der Waals surface area contributed by atoms with E-state index >= 15 is 0 Å². The van der Waals surface area contributed by atoms with Gasteiger partial charge >= 0.3 is 0 Å². The highest BCUT2D eigenvalue weighted by molar-refractivity contribution is 7.89. The number of hydrogen-bond acceptors (Lipinski definition) is 4. The predicted molar refractivity (Wildman–Crippen MR) is 102 cm³/mol. The van der Waals surface area contributed by atoms with Crippen LogP contribution in [0.15, 0.2) is 34.4 Å². The first-order valence-corrected chi connectivity index (χ1v) is 10.4. The van der Waals surface area contributed by atoms with E-state index in [0.717, 1.165) is 13.0 Å². The van der Waals surface area contributed by atoms with Crippen LogP contribution >= 0.6 is 0 Å². The molecule has 0 fully saturated rings. The summed E-state index contributed by atoms with van der Waals surface area (Å²) in [6.07, 6.45) is 7.59. The molecule has 8 heteroatoms. The van der Waals surface area contributed by atoms with Crippen LogP contribution in [0.25, 0.3) is 0 Å². The van der Waals surface area contributed by atoms with Gasteiger partial charge in [-0.2, -0.15) is 0 Å². The number of unbranched alkanes of at least 4 members (excludes halogenated alkanes) is 2. The minimum absolute atomic E-state index is 0.161. The van der Waals surface area contributed by atoms with Gasteiger partial charge in [-0.15, -0.1) is 0 Å². The molecule has 0 aromatic carbocycles. The maximum atomic E-state index is 12.1. The van der Waals surface area contributed by atoms with Gasteiger partial charge in [0.25, 0.3) is 0 Å². The highest BCUT2D eigenvalue weighted by atomic mass is 32.2. The fourth-order valence-corrected chi connectivity index (χ4v) is 3.25. The molecule has 1 rings (SSSR count). The molecular weight excluding hydrogens is 338 g/mol. The number of sulfonamides is 1. The molecule has 142 valence electrons. The summed E-state index contributed by atoms with van der Waals surface area (Å²) in [5, 5.41) is 6.54. The Balaban J connectivity index is 2.46. The average Bonchev–Trinajstić information content (AvgIpc) is 2.60. The molecule has 0 radical (unpaired) electrons. The van der Waals surface area contributed by atoms with Crippen molar-refractivity contribution < 1.29 is 8.42 Å². The lowest BCUT2D eigenvalue weighted by Gasteiger charge is -2.17. The van der Waals surface area contributed by atoms with E-state index in [-0.39, 0.29) is 11.4 Å². The van der Waals surface area contributed by atoms with Crippen LogP contribution in [0.5, 0.6) is 0 Å². The molecule has 1 heterocycles. The smallest absolute Gasteiger partial charge is 0.242 e. The number of aromatic nitrogens is 1. The number of guanidine groups is 1. The number of nitrogens with zero attached hydrogens (tertiary/aromatic N) is 2. The Morgan fingerprint density at radius 2 is 2.12 bits per heavy atom. The molecule has 0 amide bonds. The van der Waals surface area contributed by atoms with Crippen molar-refractivity contribution in [1.82, 2.24) is 20.3 Å². The molecule has 7 nitrogen and oxygen atoms in total. The largest absolute Gasteiger partial charge is 0.357 e. The quantitative estimate of drug-likeness (QED) is 0.314. The van der Waals surface area contributed by atoms with Crippen LogP contribution in [-0.4, -0.2) is 45.0 Å². The molecule has 0 bridgehead atoms. The van der Waals surface area contributed by atoms with Crippen molar-refractivity contribution in [1.29, 1.82) is 0 Å². The lowest BCUT2D eigenvalue weighted by Crippen LogP contribution is -2.42. The van der Waals surface area contributed by atoms with Gasteiger partial charge in [0.1, 0.15) is 4.90 Å². The monoisotopic (exact) mass is 369 g/mol. The summed E-state index contributed by atoms with van der Waals surface area (Å²) in [6.45, 7) is 7.68. The minimum atomic E-state index is -3.53. The van der Waals surface area contributed by atoms with Gasteiger partial charge in [0.05, 0.1) is 6.54 Å². The third kappa shape index (κ3) is 8.83. The van der Waals surface area contributed by atoms with Crippen molar-refractivity contribution in [3.8, 4) is 0 Å². The van der Waals surface area contributed by atoms with E-state index in [1.807, 2.05) is 6.92 Å². The van der Waals surface area contributed by atoms with Gasteiger partial charge in [0.2, 0.25) is 10.0 Å². The summed E-state index contributed by atoms with van der Waals surface area (Å²) in [4.78, 5) is 8.42. The van der Waals surface area contributed by atoms with Crippen LogP contribution in [-0.2, 0) is 10.0 Å². The number of hydrogen-bond donors (Lipinski definition) is 3. The van der Waals surface area contributed by atoms with Gasteiger partial charge in [-0.3, -0.25) is 9.98 Å². The molecule has 0 aliphatic heterocycles. The van der Waals surface area contributed by atoms with Gasteiger partial charge in [0.15, 0.2) is 5.96 Å². The molecule has 3 N–H and O–H groups in total. The molecule has 0 aliphatic carbocycles. The predicted octanol–water partition coefficient (Wildman–Crippen LogP) is 1.88. The van der Waals surface area contributed by atoms with Gasteiger partial charge in [-0.25, -0.2) is 13.1 Å². The SMILES string of the molecule is CCCCCC(C)NC(=NCCNS(=O)(=O)c1cccnc1)NCC. The Morgan fingerprint density at radius 3 is 2.76 bits per heavy atom. The van der Waals surface area contributed by atoms with Gasteiger partial charge in [-0.05, 0) is 32.4 Å². The molecule has 0 aliphatic rings.